The standard InChI is InChI=1S/C19H14ClF2N3O2/c1-9-10(2)24-16(8-23-9)11-7-17(26)12(6-15(11)22)19(27)25-18-13(20)4-3-5-14(18)21/h3-8,26H,1-2H3,(H,25,27). The summed E-state index contributed by atoms with van der Waals surface area (Å²) in [6.07, 6.45) is 1.37. The summed E-state index contributed by atoms with van der Waals surface area (Å²) in [4.78, 5) is 20.7. The van der Waals surface area contributed by atoms with Crippen molar-refractivity contribution >= 4 is 23.2 Å². The number of aromatic nitrogens is 2. The number of phenolic OH excluding ortho intramolecular Hbond substituents is 1. The van der Waals surface area contributed by atoms with Crippen molar-refractivity contribution in [2.45, 2.75) is 13.8 Å². The van der Waals surface area contributed by atoms with Crippen LogP contribution in [0.15, 0.2) is 36.5 Å². The minimum Gasteiger partial charge on any atom is -0.507 e. The Morgan fingerprint density at radius 3 is 2.56 bits per heavy atom. The van der Waals surface area contributed by atoms with Crippen molar-refractivity contribution in [3.05, 3.63) is 70.1 Å². The molecular weight excluding hydrogens is 376 g/mol. The van der Waals surface area contributed by atoms with Gasteiger partial charge in [0, 0.05) is 5.56 Å². The first-order chi connectivity index (χ1) is 12.8. The number of aryl methyl sites for hydroxylation is 2. The van der Waals surface area contributed by atoms with Crippen molar-refractivity contribution in [2.24, 2.45) is 0 Å². The molecule has 0 spiro atoms. The highest BCUT2D eigenvalue weighted by atomic mass is 35.5. The van der Waals surface area contributed by atoms with Gasteiger partial charge in [-0.3, -0.25) is 9.78 Å². The Labute approximate surface area is 158 Å². The molecule has 0 saturated carbocycles. The number of amides is 1. The van der Waals surface area contributed by atoms with E-state index in [0.717, 1.165) is 18.2 Å². The average Bonchev–Trinajstić information content (AvgIpc) is 2.62. The molecule has 5 nitrogen and oxygen atoms in total. The fourth-order valence-electron chi connectivity index (χ4n) is 2.41. The molecule has 27 heavy (non-hydrogen) atoms. The summed E-state index contributed by atoms with van der Waals surface area (Å²) in [6.45, 7) is 3.49. The van der Waals surface area contributed by atoms with Crippen LogP contribution in [0.1, 0.15) is 21.7 Å². The number of hydrogen-bond acceptors (Lipinski definition) is 4. The number of nitrogens with one attached hydrogen (secondary N) is 1. The summed E-state index contributed by atoms with van der Waals surface area (Å²) < 4.78 is 28.4. The average molecular weight is 390 g/mol. The van der Waals surface area contributed by atoms with E-state index in [4.69, 9.17) is 11.6 Å². The Hall–Kier alpha value is -3.06. The van der Waals surface area contributed by atoms with Gasteiger partial charge >= 0.3 is 0 Å². The highest BCUT2D eigenvalue weighted by Gasteiger charge is 2.19. The summed E-state index contributed by atoms with van der Waals surface area (Å²) in [6, 6.07) is 5.81. The van der Waals surface area contributed by atoms with E-state index in [1.54, 1.807) is 13.8 Å². The monoisotopic (exact) mass is 389 g/mol. The largest absolute Gasteiger partial charge is 0.507 e. The number of halogens is 3. The zero-order valence-electron chi connectivity index (χ0n) is 14.3. The topological polar surface area (TPSA) is 75.1 Å². The van der Waals surface area contributed by atoms with Gasteiger partial charge in [0.05, 0.1) is 39.6 Å². The van der Waals surface area contributed by atoms with Crippen LogP contribution in [0, 0.1) is 25.5 Å². The molecule has 8 heteroatoms. The molecule has 1 aromatic heterocycles. The fourth-order valence-corrected chi connectivity index (χ4v) is 2.62. The van der Waals surface area contributed by atoms with Crippen molar-refractivity contribution in [2.75, 3.05) is 5.32 Å². The van der Waals surface area contributed by atoms with E-state index in [0.29, 0.717) is 11.4 Å². The van der Waals surface area contributed by atoms with Gasteiger partial charge in [-0.25, -0.2) is 13.8 Å². The van der Waals surface area contributed by atoms with Crippen LogP contribution >= 0.6 is 11.6 Å². The number of aromatic hydroxyl groups is 1. The van der Waals surface area contributed by atoms with Gasteiger partial charge in [0.1, 0.15) is 17.4 Å². The van der Waals surface area contributed by atoms with Crippen LogP contribution in [0.5, 0.6) is 5.75 Å². The quantitative estimate of drug-likeness (QED) is 0.683. The fraction of sp³-hybridized carbons (Fsp3) is 0.105. The number of phenols is 1. The molecule has 3 aromatic rings. The minimum atomic E-state index is -0.906. The maximum atomic E-state index is 14.5. The maximum absolute atomic E-state index is 14.5. The summed E-state index contributed by atoms with van der Waals surface area (Å²) in [5.41, 5.74) is 0.891. The van der Waals surface area contributed by atoms with Crippen molar-refractivity contribution in [3.63, 3.8) is 0 Å². The minimum absolute atomic E-state index is 0.0106. The molecule has 3 rings (SSSR count). The van der Waals surface area contributed by atoms with Gasteiger partial charge in [0.15, 0.2) is 0 Å². The summed E-state index contributed by atoms with van der Waals surface area (Å²) in [7, 11) is 0. The Balaban J connectivity index is 1.97. The molecule has 0 bridgehead atoms. The lowest BCUT2D eigenvalue weighted by molar-refractivity contribution is 0.102. The van der Waals surface area contributed by atoms with Crippen LogP contribution in [0.4, 0.5) is 14.5 Å². The van der Waals surface area contributed by atoms with E-state index in [-0.39, 0.29) is 27.5 Å². The Morgan fingerprint density at radius 1 is 1.15 bits per heavy atom. The molecule has 0 aliphatic heterocycles. The third-order valence-electron chi connectivity index (χ3n) is 4.00. The highest BCUT2D eigenvalue weighted by Crippen LogP contribution is 2.31. The number of carbonyl (C=O) groups is 1. The second-order valence-electron chi connectivity index (χ2n) is 5.83. The van der Waals surface area contributed by atoms with E-state index in [9.17, 15) is 18.7 Å². The molecule has 1 amide bonds. The van der Waals surface area contributed by atoms with Crippen LogP contribution < -0.4 is 5.32 Å². The molecular formula is C19H14ClF2N3O2. The first-order valence-electron chi connectivity index (χ1n) is 7.86. The molecule has 0 unspecified atom stereocenters. The normalized spacial score (nSPS) is 10.7. The van der Waals surface area contributed by atoms with Gasteiger partial charge in [-0.05, 0) is 38.1 Å². The van der Waals surface area contributed by atoms with E-state index < -0.39 is 23.3 Å². The van der Waals surface area contributed by atoms with Gasteiger partial charge in [0.25, 0.3) is 5.91 Å². The SMILES string of the molecule is Cc1ncc(-c2cc(O)c(C(=O)Nc3c(F)cccc3Cl)cc2F)nc1C. The van der Waals surface area contributed by atoms with Crippen LogP contribution in [-0.4, -0.2) is 21.0 Å². The lowest BCUT2D eigenvalue weighted by Gasteiger charge is -2.11. The van der Waals surface area contributed by atoms with Gasteiger partial charge in [0.2, 0.25) is 0 Å². The lowest BCUT2D eigenvalue weighted by atomic mass is 10.1. The predicted octanol–water partition coefficient (Wildman–Crippen LogP) is 4.65. The van der Waals surface area contributed by atoms with E-state index in [2.05, 4.69) is 15.3 Å². The molecule has 0 radical (unpaired) electrons. The number of benzene rings is 2. The molecule has 1 heterocycles. The van der Waals surface area contributed by atoms with Crippen molar-refractivity contribution in [3.8, 4) is 17.0 Å². The second kappa shape index (κ2) is 7.28. The Bertz CT molecular complexity index is 1040. The molecule has 0 atom stereocenters. The molecule has 2 N–H and O–H groups in total. The second-order valence-corrected chi connectivity index (χ2v) is 6.23. The lowest BCUT2D eigenvalue weighted by Crippen LogP contribution is -2.14. The maximum Gasteiger partial charge on any atom is 0.259 e. The van der Waals surface area contributed by atoms with Crippen molar-refractivity contribution in [1.29, 1.82) is 0 Å². The zero-order valence-corrected chi connectivity index (χ0v) is 15.1. The third kappa shape index (κ3) is 3.73. The summed E-state index contributed by atoms with van der Waals surface area (Å²) >= 11 is 5.86. The van der Waals surface area contributed by atoms with Crippen LogP contribution in [0.3, 0.4) is 0 Å². The number of hydrogen-bond donors (Lipinski definition) is 2. The first-order valence-corrected chi connectivity index (χ1v) is 8.24. The predicted molar refractivity (Wildman–Crippen MR) is 97.9 cm³/mol. The number of anilines is 1. The Kier molecular flexibility index (Phi) is 5.05. The molecule has 0 fully saturated rings. The van der Waals surface area contributed by atoms with Crippen LogP contribution in [-0.2, 0) is 0 Å². The summed E-state index contributed by atoms with van der Waals surface area (Å²) in [5.74, 6) is -2.93. The number of carbonyl (C=O) groups excluding carboxylic acids is 1. The number of rotatable bonds is 3. The number of para-hydroxylation sites is 1. The van der Waals surface area contributed by atoms with E-state index >= 15 is 0 Å². The van der Waals surface area contributed by atoms with Crippen molar-refractivity contribution in [1.82, 2.24) is 9.97 Å². The first kappa shape index (κ1) is 18.7. The van der Waals surface area contributed by atoms with Crippen LogP contribution in [0.25, 0.3) is 11.3 Å². The summed E-state index contributed by atoms with van der Waals surface area (Å²) in [5, 5.41) is 12.4. The van der Waals surface area contributed by atoms with E-state index in [1.165, 1.54) is 18.3 Å². The Morgan fingerprint density at radius 2 is 1.89 bits per heavy atom. The van der Waals surface area contributed by atoms with Gasteiger partial charge in [-0.15, -0.1) is 0 Å². The molecule has 2 aromatic carbocycles. The zero-order chi connectivity index (χ0) is 19.7. The van der Waals surface area contributed by atoms with Gasteiger partial charge in [-0.1, -0.05) is 17.7 Å². The highest BCUT2D eigenvalue weighted by molar-refractivity contribution is 6.34. The van der Waals surface area contributed by atoms with E-state index in [1.807, 2.05) is 0 Å². The smallest absolute Gasteiger partial charge is 0.259 e. The molecule has 0 saturated heterocycles. The van der Waals surface area contributed by atoms with Gasteiger partial charge < -0.3 is 10.4 Å². The van der Waals surface area contributed by atoms with Crippen molar-refractivity contribution < 1.29 is 18.7 Å². The third-order valence-corrected chi connectivity index (χ3v) is 4.31. The van der Waals surface area contributed by atoms with Crippen LogP contribution in [0.2, 0.25) is 5.02 Å². The number of nitrogens with zero attached hydrogens (tertiary/aromatic N) is 2. The molecule has 138 valence electrons. The molecule has 0 aliphatic rings. The van der Waals surface area contributed by atoms with Gasteiger partial charge in [-0.2, -0.15) is 0 Å². The molecule has 0 aliphatic carbocycles.